The summed E-state index contributed by atoms with van der Waals surface area (Å²) in [6.45, 7) is 2.42. The second kappa shape index (κ2) is 8.95. The number of thiazole rings is 1. The Morgan fingerprint density at radius 3 is 2.61 bits per heavy atom. The number of rotatable bonds is 9. The molecule has 0 aromatic carbocycles. The standard InChI is InChI=1S/C18H29F2NOS/c1-3-8-16-15(12-7-11-14-9-5-4-6-10-14)21-17(23-16)22-13-18(2,19)20/h14H,3-13H2,1-2H3. The van der Waals surface area contributed by atoms with Gasteiger partial charge in [0.1, 0.15) is 0 Å². The highest BCUT2D eigenvalue weighted by molar-refractivity contribution is 7.13. The highest BCUT2D eigenvalue weighted by Gasteiger charge is 2.23. The molecule has 1 saturated carbocycles. The molecule has 0 bridgehead atoms. The molecule has 0 aliphatic heterocycles. The van der Waals surface area contributed by atoms with E-state index in [0.29, 0.717) is 5.19 Å². The van der Waals surface area contributed by atoms with Gasteiger partial charge in [-0.25, -0.2) is 13.8 Å². The van der Waals surface area contributed by atoms with Crippen molar-refractivity contribution in [3.8, 4) is 5.19 Å². The Morgan fingerprint density at radius 2 is 1.96 bits per heavy atom. The molecule has 23 heavy (non-hydrogen) atoms. The third-order valence-corrected chi connectivity index (χ3v) is 5.51. The van der Waals surface area contributed by atoms with Crippen LogP contribution in [0.3, 0.4) is 0 Å². The van der Waals surface area contributed by atoms with Gasteiger partial charge in [-0.15, -0.1) is 0 Å². The fraction of sp³-hybridized carbons (Fsp3) is 0.833. The lowest BCUT2D eigenvalue weighted by atomic mass is 9.85. The van der Waals surface area contributed by atoms with Gasteiger partial charge in [0, 0.05) is 11.8 Å². The van der Waals surface area contributed by atoms with E-state index in [1.165, 1.54) is 54.7 Å². The van der Waals surface area contributed by atoms with Crippen molar-refractivity contribution in [3.05, 3.63) is 10.6 Å². The molecule has 1 fully saturated rings. The molecule has 1 aromatic heterocycles. The smallest absolute Gasteiger partial charge is 0.278 e. The molecule has 1 heterocycles. The van der Waals surface area contributed by atoms with Gasteiger partial charge in [0.05, 0.1) is 5.69 Å². The first kappa shape index (κ1) is 18.6. The molecule has 1 aliphatic carbocycles. The lowest BCUT2D eigenvalue weighted by Crippen LogP contribution is -2.20. The Bertz CT molecular complexity index is 464. The molecule has 2 nitrogen and oxygen atoms in total. The van der Waals surface area contributed by atoms with Crippen LogP contribution in [-0.4, -0.2) is 17.5 Å². The van der Waals surface area contributed by atoms with Crippen molar-refractivity contribution in [2.45, 2.75) is 84.0 Å². The van der Waals surface area contributed by atoms with E-state index in [0.717, 1.165) is 44.2 Å². The first-order valence-electron chi connectivity index (χ1n) is 8.97. The lowest BCUT2D eigenvalue weighted by Gasteiger charge is -2.21. The molecule has 5 heteroatoms. The van der Waals surface area contributed by atoms with Crippen LogP contribution in [0, 0.1) is 5.92 Å². The molecular formula is C18H29F2NOS. The number of aromatic nitrogens is 1. The molecule has 0 unspecified atom stereocenters. The Kier molecular flexibility index (Phi) is 7.25. The van der Waals surface area contributed by atoms with Gasteiger partial charge >= 0.3 is 0 Å². The first-order valence-corrected chi connectivity index (χ1v) is 9.79. The summed E-state index contributed by atoms with van der Waals surface area (Å²) >= 11 is 1.44. The maximum atomic E-state index is 12.9. The fourth-order valence-corrected chi connectivity index (χ4v) is 4.32. The number of aryl methyl sites for hydroxylation is 2. The van der Waals surface area contributed by atoms with Gasteiger partial charge in [0.25, 0.3) is 11.1 Å². The van der Waals surface area contributed by atoms with Crippen LogP contribution >= 0.6 is 11.3 Å². The summed E-state index contributed by atoms with van der Waals surface area (Å²) in [5.41, 5.74) is 1.07. The van der Waals surface area contributed by atoms with Crippen molar-refractivity contribution in [1.29, 1.82) is 0 Å². The van der Waals surface area contributed by atoms with Crippen molar-refractivity contribution < 1.29 is 13.5 Å². The normalized spacial score (nSPS) is 16.7. The van der Waals surface area contributed by atoms with Crippen LogP contribution in [0.25, 0.3) is 0 Å². The van der Waals surface area contributed by atoms with E-state index in [2.05, 4.69) is 11.9 Å². The lowest BCUT2D eigenvalue weighted by molar-refractivity contribution is -0.0230. The third kappa shape index (κ3) is 6.74. The van der Waals surface area contributed by atoms with E-state index in [1.807, 2.05) is 0 Å². The average molecular weight is 345 g/mol. The topological polar surface area (TPSA) is 22.1 Å². The van der Waals surface area contributed by atoms with E-state index in [1.54, 1.807) is 0 Å². The SMILES string of the molecule is CCCc1sc(OCC(C)(F)F)nc1CCCC1CCCCC1. The first-order chi connectivity index (χ1) is 11.0. The third-order valence-electron chi connectivity index (χ3n) is 4.44. The summed E-state index contributed by atoms with van der Waals surface area (Å²) < 4.78 is 31.0. The zero-order valence-corrected chi connectivity index (χ0v) is 15.2. The van der Waals surface area contributed by atoms with E-state index < -0.39 is 12.5 Å². The van der Waals surface area contributed by atoms with Gasteiger partial charge < -0.3 is 4.74 Å². The number of nitrogens with zero attached hydrogens (tertiary/aromatic N) is 1. The number of hydrogen-bond donors (Lipinski definition) is 0. The summed E-state index contributed by atoms with van der Waals surface area (Å²) in [6.07, 6.45) is 12.3. The molecule has 0 spiro atoms. The van der Waals surface area contributed by atoms with Crippen LogP contribution in [0.1, 0.15) is 75.8 Å². The summed E-state index contributed by atoms with van der Waals surface area (Å²) in [5, 5.41) is 0.405. The van der Waals surface area contributed by atoms with Crippen LogP contribution < -0.4 is 4.74 Å². The summed E-state index contributed by atoms with van der Waals surface area (Å²) in [6, 6.07) is 0. The predicted molar refractivity (Wildman–Crippen MR) is 91.7 cm³/mol. The largest absolute Gasteiger partial charge is 0.464 e. The van der Waals surface area contributed by atoms with E-state index in [4.69, 9.17) is 4.74 Å². The highest BCUT2D eigenvalue weighted by Crippen LogP contribution is 2.31. The number of halogens is 2. The molecule has 0 amide bonds. The van der Waals surface area contributed by atoms with Gasteiger partial charge in [0.15, 0.2) is 6.61 Å². The minimum absolute atomic E-state index is 0.405. The van der Waals surface area contributed by atoms with Crippen molar-refractivity contribution in [1.82, 2.24) is 4.98 Å². The van der Waals surface area contributed by atoms with Gasteiger partial charge in [-0.05, 0) is 25.2 Å². The van der Waals surface area contributed by atoms with Gasteiger partial charge in [-0.1, -0.05) is 63.2 Å². The zero-order chi connectivity index (χ0) is 16.7. The fourth-order valence-electron chi connectivity index (χ4n) is 3.26. The molecule has 0 N–H and O–H groups in total. The monoisotopic (exact) mass is 345 g/mol. The van der Waals surface area contributed by atoms with E-state index in [-0.39, 0.29) is 0 Å². The van der Waals surface area contributed by atoms with Crippen molar-refractivity contribution in [2.24, 2.45) is 5.92 Å². The second-order valence-electron chi connectivity index (χ2n) is 6.85. The maximum Gasteiger partial charge on any atom is 0.278 e. The number of alkyl halides is 2. The number of hydrogen-bond acceptors (Lipinski definition) is 3. The molecule has 2 rings (SSSR count). The second-order valence-corrected chi connectivity index (χ2v) is 7.90. The van der Waals surface area contributed by atoms with Crippen LogP contribution in [0.5, 0.6) is 5.19 Å². The number of ether oxygens (including phenoxy) is 1. The van der Waals surface area contributed by atoms with Crippen LogP contribution in [0.2, 0.25) is 0 Å². The molecular weight excluding hydrogens is 316 g/mol. The van der Waals surface area contributed by atoms with Crippen LogP contribution in [0.15, 0.2) is 0 Å². The van der Waals surface area contributed by atoms with Crippen LogP contribution in [0.4, 0.5) is 8.78 Å². The summed E-state index contributed by atoms with van der Waals surface area (Å²) in [4.78, 5) is 5.69. The van der Waals surface area contributed by atoms with Crippen LogP contribution in [-0.2, 0) is 12.8 Å². The van der Waals surface area contributed by atoms with Gasteiger partial charge in [-0.2, -0.15) is 0 Å². The molecule has 132 valence electrons. The minimum Gasteiger partial charge on any atom is -0.464 e. The molecule has 0 radical (unpaired) electrons. The van der Waals surface area contributed by atoms with Crippen molar-refractivity contribution in [2.75, 3.05) is 6.61 Å². The average Bonchev–Trinajstić information content (AvgIpc) is 2.88. The minimum atomic E-state index is -2.81. The molecule has 1 aliphatic rings. The van der Waals surface area contributed by atoms with Crippen molar-refractivity contribution >= 4 is 11.3 Å². The molecule has 0 saturated heterocycles. The Hall–Kier alpha value is -0.710. The quantitative estimate of drug-likeness (QED) is 0.545. The Labute approximate surface area is 142 Å². The van der Waals surface area contributed by atoms with E-state index >= 15 is 0 Å². The summed E-state index contributed by atoms with van der Waals surface area (Å²) in [5.74, 6) is -1.93. The Morgan fingerprint density at radius 1 is 1.22 bits per heavy atom. The van der Waals surface area contributed by atoms with E-state index in [9.17, 15) is 8.78 Å². The molecule has 1 aromatic rings. The van der Waals surface area contributed by atoms with Gasteiger partial charge in [0.2, 0.25) is 0 Å². The maximum absolute atomic E-state index is 12.9. The highest BCUT2D eigenvalue weighted by atomic mass is 32.1. The Balaban J connectivity index is 1.86. The summed E-state index contributed by atoms with van der Waals surface area (Å²) in [7, 11) is 0. The van der Waals surface area contributed by atoms with Gasteiger partial charge in [-0.3, -0.25) is 0 Å². The molecule has 0 atom stereocenters. The van der Waals surface area contributed by atoms with Crippen molar-refractivity contribution in [3.63, 3.8) is 0 Å². The predicted octanol–water partition coefficient (Wildman–Crippen LogP) is 6.03. The zero-order valence-electron chi connectivity index (χ0n) is 14.4.